The summed E-state index contributed by atoms with van der Waals surface area (Å²) in [6, 6.07) is 15.9. The van der Waals surface area contributed by atoms with Crippen LogP contribution in [0.2, 0.25) is 0 Å². The average Bonchev–Trinajstić information content (AvgIpc) is 2.41. The van der Waals surface area contributed by atoms with Gasteiger partial charge >= 0.3 is 0 Å². The monoisotopic (exact) mass is 243 g/mol. The van der Waals surface area contributed by atoms with E-state index in [0.717, 1.165) is 5.56 Å². The molecule has 18 heavy (non-hydrogen) atoms. The van der Waals surface area contributed by atoms with Gasteiger partial charge in [0.25, 0.3) is 0 Å². The number of halogens is 1. The summed E-state index contributed by atoms with van der Waals surface area (Å²) in [6.45, 7) is 4.56. The minimum Gasteiger partial charge on any atom is -0.306 e. The summed E-state index contributed by atoms with van der Waals surface area (Å²) in [5.41, 5.74) is 2.90. The molecular weight excluding hydrogens is 225 g/mol. The molecule has 2 rings (SSSR count). The van der Waals surface area contributed by atoms with Crippen LogP contribution in [-0.4, -0.2) is 0 Å². The van der Waals surface area contributed by atoms with Gasteiger partial charge in [-0.2, -0.15) is 0 Å². The number of nitrogens with one attached hydrogen (secondary N) is 1. The van der Waals surface area contributed by atoms with E-state index < -0.39 is 0 Å². The summed E-state index contributed by atoms with van der Waals surface area (Å²) in [5.74, 6) is -0.137. The Bertz CT molecular complexity index is 508. The van der Waals surface area contributed by atoms with Gasteiger partial charge in [-0.05, 0) is 36.6 Å². The standard InChI is InChI=1S/C16H18FN/c1-12-8-9-14(10-16(12)17)11-18-13(2)15-6-4-3-5-7-15/h3-10,13,18H,11H2,1-2H3/t13-/m0/s1. The molecule has 0 aliphatic heterocycles. The number of benzene rings is 2. The molecule has 2 heteroatoms. The molecule has 0 radical (unpaired) electrons. The second kappa shape index (κ2) is 5.78. The third kappa shape index (κ3) is 3.17. The molecule has 1 N–H and O–H groups in total. The van der Waals surface area contributed by atoms with Crippen molar-refractivity contribution in [2.75, 3.05) is 0 Å². The first-order valence-electron chi connectivity index (χ1n) is 6.20. The van der Waals surface area contributed by atoms with Crippen molar-refractivity contribution in [3.05, 3.63) is 71.0 Å². The van der Waals surface area contributed by atoms with E-state index in [2.05, 4.69) is 24.4 Å². The van der Waals surface area contributed by atoms with E-state index >= 15 is 0 Å². The molecule has 0 fully saturated rings. The highest BCUT2D eigenvalue weighted by Gasteiger charge is 2.05. The molecule has 2 aromatic carbocycles. The van der Waals surface area contributed by atoms with Gasteiger partial charge < -0.3 is 5.32 Å². The predicted molar refractivity (Wildman–Crippen MR) is 72.8 cm³/mol. The van der Waals surface area contributed by atoms with Gasteiger partial charge in [0.15, 0.2) is 0 Å². The van der Waals surface area contributed by atoms with Crippen LogP contribution in [0.15, 0.2) is 48.5 Å². The van der Waals surface area contributed by atoms with E-state index in [4.69, 9.17) is 0 Å². The van der Waals surface area contributed by atoms with Crippen molar-refractivity contribution in [2.45, 2.75) is 26.4 Å². The second-order valence-electron chi connectivity index (χ2n) is 4.60. The van der Waals surface area contributed by atoms with Gasteiger partial charge in [-0.3, -0.25) is 0 Å². The van der Waals surface area contributed by atoms with Gasteiger partial charge in [-0.1, -0.05) is 42.5 Å². The summed E-state index contributed by atoms with van der Waals surface area (Å²) < 4.78 is 13.4. The molecule has 0 aliphatic carbocycles. The molecule has 0 amide bonds. The molecule has 0 heterocycles. The van der Waals surface area contributed by atoms with Crippen molar-refractivity contribution in [1.82, 2.24) is 5.32 Å². The largest absolute Gasteiger partial charge is 0.306 e. The SMILES string of the molecule is Cc1ccc(CN[C@@H](C)c2ccccc2)cc1F. The van der Waals surface area contributed by atoms with Gasteiger partial charge in [0.1, 0.15) is 5.82 Å². The van der Waals surface area contributed by atoms with Crippen LogP contribution >= 0.6 is 0 Å². The summed E-state index contributed by atoms with van der Waals surface area (Å²) in [5, 5.41) is 3.40. The molecule has 0 unspecified atom stereocenters. The van der Waals surface area contributed by atoms with Gasteiger partial charge in [0.2, 0.25) is 0 Å². The first kappa shape index (κ1) is 12.8. The van der Waals surface area contributed by atoms with Crippen LogP contribution in [0, 0.1) is 12.7 Å². The molecule has 1 nitrogen and oxygen atoms in total. The Labute approximate surface area is 108 Å². The van der Waals surface area contributed by atoms with E-state index in [9.17, 15) is 4.39 Å². The molecule has 1 atom stereocenters. The molecule has 0 spiro atoms. The fourth-order valence-electron chi connectivity index (χ4n) is 1.88. The number of hydrogen-bond acceptors (Lipinski definition) is 1. The minimum absolute atomic E-state index is 0.137. The molecule has 0 saturated heterocycles. The average molecular weight is 243 g/mol. The van der Waals surface area contributed by atoms with E-state index in [0.29, 0.717) is 12.1 Å². The Morgan fingerprint density at radius 2 is 1.83 bits per heavy atom. The van der Waals surface area contributed by atoms with Crippen molar-refractivity contribution in [3.63, 3.8) is 0 Å². The quantitative estimate of drug-likeness (QED) is 0.856. The number of rotatable bonds is 4. The normalized spacial score (nSPS) is 12.4. The lowest BCUT2D eigenvalue weighted by Crippen LogP contribution is -2.18. The lowest BCUT2D eigenvalue weighted by atomic mass is 10.1. The summed E-state index contributed by atoms with van der Waals surface area (Å²) >= 11 is 0. The van der Waals surface area contributed by atoms with Crippen molar-refractivity contribution < 1.29 is 4.39 Å². The third-order valence-corrected chi connectivity index (χ3v) is 3.15. The van der Waals surface area contributed by atoms with Crippen molar-refractivity contribution in [1.29, 1.82) is 0 Å². The minimum atomic E-state index is -0.137. The Kier molecular flexibility index (Phi) is 4.11. The molecular formula is C16H18FN. The van der Waals surface area contributed by atoms with Gasteiger partial charge in [0, 0.05) is 12.6 Å². The first-order chi connectivity index (χ1) is 8.66. The van der Waals surface area contributed by atoms with E-state index in [1.165, 1.54) is 5.56 Å². The highest BCUT2D eigenvalue weighted by Crippen LogP contribution is 2.13. The third-order valence-electron chi connectivity index (χ3n) is 3.15. The Morgan fingerprint density at radius 1 is 1.11 bits per heavy atom. The van der Waals surface area contributed by atoms with Crippen molar-refractivity contribution in [3.8, 4) is 0 Å². The molecule has 94 valence electrons. The van der Waals surface area contributed by atoms with E-state index in [1.54, 1.807) is 13.0 Å². The fourth-order valence-corrected chi connectivity index (χ4v) is 1.88. The zero-order valence-corrected chi connectivity index (χ0v) is 10.8. The Balaban J connectivity index is 1.97. The van der Waals surface area contributed by atoms with Crippen LogP contribution in [0.25, 0.3) is 0 Å². The summed E-state index contributed by atoms with van der Waals surface area (Å²) in [4.78, 5) is 0. The highest BCUT2D eigenvalue weighted by atomic mass is 19.1. The lowest BCUT2D eigenvalue weighted by Gasteiger charge is -2.14. The van der Waals surface area contributed by atoms with Crippen LogP contribution in [0.1, 0.15) is 29.7 Å². The second-order valence-corrected chi connectivity index (χ2v) is 4.60. The molecule has 2 aromatic rings. The molecule has 0 saturated carbocycles. The Hall–Kier alpha value is -1.67. The van der Waals surface area contributed by atoms with Gasteiger partial charge in [-0.25, -0.2) is 4.39 Å². The molecule has 0 aliphatic rings. The predicted octanol–water partition coefficient (Wildman–Crippen LogP) is 3.98. The van der Waals surface area contributed by atoms with Crippen LogP contribution in [0.5, 0.6) is 0 Å². The summed E-state index contributed by atoms with van der Waals surface area (Å²) in [6.07, 6.45) is 0. The van der Waals surface area contributed by atoms with Crippen LogP contribution in [-0.2, 0) is 6.54 Å². The van der Waals surface area contributed by atoms with Gasteiger partial charge in [0.05, 0.1) is 0 Å². The van der Waals surface area contributed by atoms with Crippen LogP contribution < -0.4 is 5.32 Å². The maximum Gasteiger partial charge on any atom is 0.126 e. The first-order valence-corrected chi connectivity index (χ1v) is 6.20. The number of aryl methyl sites for hydroxylation is 1. The molecule has 0 bridgehead atoms. The lowest BCUT2D eigenvalue weighted by molar-refractivity contribution is 0.568. The zero-order chi connectivity index (χ0) is 13.0. The van der Waals surface area contributed by atoms with Crippen molar-refractivity contribution in [2.24, 2.45) is 0 Å². The number of hydrogen-bond donors (Lipinski definition) is 1. The smallest absolute Gasteiger partial charge is 0.126 e. The molecule has 0 aromatic heterocycles. The van der Waals surface area contributed by atoms with Gasteiger partial charge in [-0.15, -0.1) is 0 Å². The van der Waals surface area contributed by atoms with Crippen LogP contribution in [0.4, 0.5) is 4.39 Å². The topological polar surface area (TPSA) is 12.0 Å². The van der Waals surface area contributed by atoms with Crippen molar-refractivity contribution >= 4 is 0 Å². The fraction of sp³-hybridized carbons (Fsp3) is 0.250. The maximum absolute atomic E-state index is 13.4. The highest BCUT2D eigenvalue weighted by molar-refractivity contribution is 5.24. The van der Waals surface area contributed by atoms with Crippen LogP contribution in [0.3, 0.4) is 0 Å². The zero-order valence-electron chi connectivity index (χ0n) is 10.8. The van der Waals surface area contributed by atoms with E-state index in [-0.39, 0.29) is 11.9 Å². The summed E-state index contributed by atoms with van der Waals surface area (Å²) in [7, 11) is 0. The Morgan fingerprint density at radius 3 is 2.50 bits per heavy atom. The van der Waals surface area contributed by atoms with E-state index in [1.807, 2.05) is 30.3 Å². The maximum atomic E-state index is 13.4.